The molecule has 0 aliphatic carbocycles. The molecule has 2 aromatic heterocycles. The quantitative estimate of drug-likeness (QED) is 0.374. The summed E-state index contributed by atoms with van der Waals surface area (Å²) in [6.45, 7) is 4.03. The monoisotopic (exact) mass is 413 g/mol. The summed E-state index contributed by atoms with van der Waals surface area (Å²) in [6.07, 6.45) is -0.338. The largest absolute Gasteiger partial charge is 0.511 e. The molecule has 1 aliphatic heterocycles. The van der Waals surface area contributed by atoms with Crippen molar-refractivity contribution < 1.29 is 24.5 Å². The van der Waals surface area contributed by atoms with Crippen LogP contribution in [0.5, 0.6) is 17.2 Å². The number of fused-ring (bicyclic) bond motifs is 4. The highest BCUT2D eigenvalue weighted by Crippen LogP contribution is 2.41. The summed E-state index contributed by atoms with van der Waals surface area (Å²) in [5.41, 5.74) is 2.69. The van der Waals surface area contributed by atoms with E-state index in [1.165, 1.54) is 0 Å². The van der Waals surface area contributed by atoms with Gasteiger partial charge in [-0.2, -0.15) is 0 Å². The maximum absolute atomic E-state index is 12.4. The Kier molecular flexibility index (Phi) is 5.13. The predicted octanol–water partition coefficient (Wildman–Crippen LogP) is 2.73. The molecule has 9 heteroatoms. The molecule has 0 radical (unpaired) electrons. The van der Waals surface area contributed by atoms with E-state index >= 15 is 0 Å². The number of carboxylic acid groups (broad SMARTS) is 1. The fourth-order valence-electron chi connectivity index (χ4n) is 3.83. The zero-order chi connectivity index (χ0) is 21.4. The van der Waals surface area contributed by atoms with Crippen LogP contribution in [0.3, 0.4) is 0 Å². The molecular formula is C21H23N3O6. The van der Waals surface area contributed by atoms with Gasteiger partial charge in [0.25, 0.3) is 5.56 Å². The van der Waals surface area contributed by atoms with E-state index in [1.54, 1.807) is 0 Å². The summed E-state index contributed by atoms with van der Waals surface area (Å²) < 4.78 is 12.5. The van der Waals surface area contributed by atoms with Crippen molar-refractivity contribution in [3.63, 3.8) is 0 Å². The average Bonchev–Trinajstić information content (AvgIpc) is 2.89. The molecule has 158 valence electrons. The lowest BCUT2D eigenvalue weighted by Crippen LogP contribution is -2.17. The van der Waals surface area contributed by atoms with Crippen molar-refractivity contribution in [3.8, 4) is 28.5 Å². The lowest BCUT2D eigenvalue weighted by atomic mass is 10.0. The van der Waals surface area contributed by atoms with Crippen LogP contribution in [-0.2, 0) is 20.0 Å². The molecule has 0 saturated carbocycles. The second kappa shape index (κ2) is 7.75. The van der Waals surface area contributed by atoms with Crippen molar-refractivity contribution in [1.82, 2.24) is 14.9 Å². The van der Waals surface area contributed by atoms with E-state index in [0.29, 0.717) is 22.6 Å². The first kappa shape index (κ1) is 19.8. The third-order valence-electron chi connectivity index (χ3n) is 5.29. The van der Waals surface area contributed by atoms with Crippen LogP contribution >= 0.6 is 0 Å². The highest BCUT2D eigenvalue weighted by molar-refractivity contribution is 5.90. The van der Waals surface area contributed by atoms with Crippen LogP contribution in [0.2, 0.25) is 0 Å². The number of aromatic nitrogens is 2. The molecule has 3 aromatic rings. The number of rotatable bonds is 5. The highest BCUT2D eigenvalue weighted by Gasteiger charge is 2.26. The molecule has 0 atom stereocenters. The topological polar surface area (TPSA) is 126 Å². The van der Waals surface area contributed by atoms with Gasteiger partial charge >= 0.3 is 6.16 Å². The maximum Gasteiger partial charge on any atom is 0.511 e. The second-order valence-corrected chi connectivity index (χ2v) is 7.23. The maximum atomic E-state index is 12.4. The van der Waals surface area contributed by atoms with E-state index in [1.807, 2.05) is 19.2 Å². The van der Waals surface area contributed by atoms with E-state index in [2.05, 4.69) is 32.6 Å². The number of nitrogens with one attached hydrogen (secondary N) is 2. The minimum atomic E-state index is -1.67. The van der Waals surface area contributed by atoms with Gasteiger partial charge in [-0.15, -0.1) is 0 Å². The molecule has 1 aliphatic rings. The molecule has 0 bridgehead atoms. The molecular weight excluding hydrogens is 390 g/mol. The smallest absolute Gasteiger partial charge is 0.504 e. The molecule has 0 unspecified atom stereocenters. The van der Waals surface area contributed by atoms with Crippen molar-refractivity contribution in [2.45, 2.75) is 26.3 Å². The second-order valence-electron chi connectivity index (χ2n) is 7.23. The molecule has 0 fully saturated rings. The fraction of sp³-hybridized carbons (Fsp3) is 0.333. The van der Waals surface area contributed by atoms with Gasteiger partial charge in [0.1, 0.15) is 5.75 Å². The lowest BCUT2D eigenvalue weighted by Gasteiger charge is -2.12. The SMILES string of the molecule is CCCNCc1cc2cc3c(cc2n1C)OCCc1c-3[nH]c(=O)c(OC(=O)O)c1O. The van der Waals surface area contributed by atoms with E-state index < -0.39 is 23.2 Å². The van der Waals surface area contributed by atoms with Crippen LogP contribution in [-0.4, -0.2) is 39.1 Å². The van der Waals surface area contributed by atoms with Gasteiger partial charge in [-0.25, -0.2) is 4.79 Å². The van der Waals surface area contributed by atoms with Crippen LogP contribution in [0.1, 0.15) is 24.6 Å². The zero-order valence-corrected chi connectivity index (χ0v) is 16.7. The van der Waals surface area contributed by atoms with Crippen LogP contribution in [0.4, 0.5) is 4.79 Å². The van der Waals surface area contributed by atoms with E-state index in [0.717, 1.165) is 36.1 Å². The van der Waals surface area contributed by atoms with Gasteiger partial charge in [0.2, 0.25) is 5.75 Å². The van der Waals surface area contributed by atoms with Crippen molar-refractivity contribution >= 4 is 17.1 Å². The summed E-state index contributed by atoms with van der Waals surface area (Å²) >= 11 is 0. The Bertz CT molecular complexity index is 1190. The molecule has 9 nitrogen and oxygen atoms in total. The molecule has 1 aromatic carbocycles. The standard InChI is InChI=1S/C21H23N3O6/c1-3-5-22-10-12-7-11-8-14-16(9-15(11)24(12)2)29-6-4-13-17(14)23-20(26)19(18(13)25)30-21(27)28/h7-9,22H,3-6,10H2,1-2H3,(H,27,28)(H2,23,25,26). The third kappa shape index (κ3) is 3.37. The zero-order valence-electron chi connectivity index (χ0n) is 16.7. The number of aromatic hydroxyl groups is 1. The summed E-state index contributed by atoms with van der Waals surface area (Å²) in [7, 11) is 1.99. The Morgan fingerprint density at radius 1 is 1.37 bits per heavy atom. The molecule has 0 saturated heterocycles. The first-order valence-electron chi connectivity index (χ1n) is 9.75. The van der Waals surface area contributed by atoms with E-state index in [4.69, 9.17) is 9.84 Å². The first-order valence-corrected chi connectivity index (χ1v) is 9.75. The van der Waals surface area contributed by atoms with Gasteiger partial charge in [-0.1, -0.05) is 6.92 Å². The van der Waals surface area contributed by atoms with Gasteiger partial charge in [-0.05, 0) is 25.1 Å². The first-order chi connectivity index (χ1) is 14.4. The molecule has 3 heterocycles. The normalized spacial score (nSPS) is 12.7. The third-order valence-corrected chi connectivity index (χ3v) is 5.29. The Morgan fingerprint density at radius 2 is 2.17 bits per heavy atom. The number of H-pyrrole nitrogens is 1. The number of ether oxygens (including phenoxy) is 2. The van der Waals surface area contributed by atoms with Gasteiger partial charge in [0.15, 0.2) is 5.75 Å². The average molecular weight is 413 g/mol. The Hall–Kier alpha value is -3.46. The van der Waals surface area contributed by atoms with Crippen LogP contribution in [0, 0.1) is 0 Å². The summed E-state index contributed by atoms with van der Waals surface area (Å²) in [6, 6.07) is 5.90. The van der Waals surface area contributed by atoms with Crippen molar-refractivity contribution in [2.24, 2.45) is 7.05 Å². The minimum Gasteiger partial charge on any atom is -0.504 e. The fourth-order valence-corrected chi connectivity index (χ4v) is 3.83. The summed E-state index contributed by atoms with van der Waals surface area (Å²) in [4.78, 5) is 25.9. The number of nitrogens with zero attached hydrogens (tertiary/aromatic N) is 1. The Balaban J connectivity index is 1.86. The molecule has 30 heavy (non-hydrogen) atoms. The van der Waals surface area contributed by atoms with Crippen LogP contribution in [0.15, 0.2) is 23.0 Å². The number of hydrogen-bond donors (Lipinski definition) is 4. The van der Waals surface area contributed by atoms with Crippen molar-refractivity contribution in [3.05, 3.63) is 39.8 Å². The molecule has 0 amide bonds. The van der Waals surface area contributed by atoms with Gasteiger partial charge < -0.3 is 34.6 Å². The Morgan fingerprint density at radius 3 is 2.90 bits per heavy atom. The number of pyridine rings is 1. The van der Waals surface area contributed by atoms with E-state index in [-0.39, 0.29) is 13.0 Å². The number of benzene rings is 1. The number of aromatic amines is 1. The van der Waals surface area contributed by atoms with Crippen molar-refractivity contribution in [1.29, 1.82) is 0 Å². The molecule has 0 spiro atoms. The van der Waals surface area contributed by atoms with E-state index in [9.17, 15) is 14.7 Å². The molecule has 4 N–H and O–H groups in total. The Labute approximate surface area is 171 Å². The van der Waals surface area contributed by atoms with Gasteiger partial charge in [-0.3, -0.25) is 4.79 Å². The van der Waals surface area contributed by atoms with Gasteiger partial charge in [0.05, 0.1) is 17.8 Å². The van der Waals surface area contributed by atoms with Crippen LogP contribution in [0.25, 0.3) is 22.2 Å². The molecule has 4 rings (SSSR count). The summed E-state index contributed by atoms with van der Waals surface area (Å²) in [5, 5.41) is 23.7. The lowest BCUT2D eigenvalue weighted by molar-refractivity contribution is 0.142. The predicted molar refractivity (Wildman–Crippen MR) is 110 cm³/mol. The van der Waals surface area contributed by atoms with Crippen molar-refractivity contribution in [2.75, 3.05) is 13.2 Å². The number of hydrogen-bond acceptors (Lipinski definition) is 6. The van der Waals surface area contributed by atoms with Gasteiger partial charge in [0, 0.05) is 48.3 Å². The minimum absolute atomic E-state index is 0.257. The number of carbonyl (C=O) groups is 1. The van der Waals surface area contributed by atoms with Crippen LogP contribution < -0.4 is 20.3 Å². The number of aryl methyl sites for hydroxylation is 1. The summed E-state index contributed by atoms with van der Waals surface area (Å²) in [5.74, 6) is -0.530. The highest BCUT2D eigenvalue weighted by atomic mass is 16.7.